The van der Waals surface area contributed by atoms with E-state index in [-0.39, 0.29) is 24.0 Å². The number of ether oxygens (including phenoxy) is 2. The maximum absolute atomic E-state index is 6.22. The second-order valence-corrected chi connectivity index (χ2v) is 5.18. The average Bonchev–Trinajstić information content (AvgIpc) is 2.51. The van der Waals surface area contributed by atoms with Gasteiger partial charge in [-0.25, -0.2) is 0 Å². The minimum atomic E-state index is 0. The summed E-state index contributed by atoms with van der Waals surface area (Å²) in [7, 11) is 1.77. The number of aliphatic imine (C=N–C) groups is 1. The normalized spacial score (nSPS) is 13.3. The first-order chi connectivity index (χ1) is 10.2. The molecular weight excluding hydrogens is 417 g/mol. The van der Waals surface area contributed by atoms with Crippen LogP contribution in [0.3, 0.4) is 0 Å². The van der Waals surface area contributed by atoms with Crippen molar-refractivity contribution in [1.82, 2.24) is 10.6 Å². The van der Waals surface area contributed by atoms with Crippen LogP contribution >= 0.6 is 35.6 Å². The van der Waals surface area contributed by atoms with E-state index in [1.54, 1.807) is 7.05 Å². The Morgan fingerprint density at radius 2 is 1.95 bits per heavy atom. The summed E-state index contributed by atoms with van der Waals surface area (Å²) < 4.78 is 11.1. The fourth-order valence-electron chi connectivity index (χ4n) is 2.10. The molecule has 124 valence electrons. The van der Waals surface area contributed by atoms with Gasteiger partial charge in [0.05, 0.1) is 5.02 Å². The molecule has 0 saturated heterocycles. The summed E-state index contributed by atoms with van der Waals surface area (Å²) in [5.41, 5.74) is 1.11. The van der Waals surface area contributed by atoms with E-state index in [9.17, 15) is 0 Å². The van der Waals surface area contributed by atoms with Crippen molar-refractivity contribution in [2.75, 3.05) is 33.4 Å². The number of benzene rings is 1. The number of rotatable bonds is 5. The van der Waals surface area contributed by atoms with Gasteiger partial charge in [0.15, 0.2) is 17.5 Å². The van der Waals surface area contributed by atoms with Crippen LogP contribution in [0.15, 0.2) is 17.1 Å². The molecule has 0 spiro atoms. The van der Waals surface area contributed by atoms with Gasteiger partial charge in [0, 0.05) is 20.1 Å². The van der Waals surface area contributed by atoms with E-state index in [2.05, 4.69) is 22.5 Å². The Kier molecular flexibility index (Phi) is 8.70. The summed E-state index contributed by atoms with van der Waals surface area (Å²) in [5, 5.41) is 7.12. The molecule has 0 aliphatic carbocycles. The second-order valence-electron chi connectivity index (χ2n) is 4.78. The number of halogens is 2. The first kappa shape index (κ1) is 19.2. The van der Waals surface area contributed by atoms with Crippen LogP contribution in [-0.2, 0) is 6.42 Å². The van der Waals surface area contributed by atoms with E-state index in [4.69, 9.17) is 21.1 Å². The molecule has 0 amide bonds. The molecule has 0 atom stereocenters. The van der Waals surface area contributed by atoms with Crippen LogP contribution in [-0.4, -0.2) is 39.3 Å². The Labute approximate surface area is 153 Å². The fourth-order valence-corrected chi connectivity index (χ4v) is 2.39. The van der Waals surface area contributed by atoms with Crippen LogP contribution in [0.2, 0.25) is 5.02 Å². The van der Waals surface area contributed by atoms with Gasteiger partial charge in [-0.05, 0) is 30.5 Å². The maximum atomic E-state index is 6.22. The third kappa shape index (κ3) is 5.39. The van der Waals surface area contributed by atoms with Crippen molar-refractivity contribution < 1.29 is 9.47 Å². The molecule has 5 nitrogen and oxygen atoms in total. The quantitative estimate of drug-likeness (QED) is 0.421. The number of nitrogens with zero attached hydrogens (tertiary/aromatic N) is 1. The van der Waals surface area contributed by atoms with E-state index in [1.165, 1.54) is 0 Å². The monoisotopic (exact) mass is 439 g/mol. The molecule has 0 fully saturated rings. The molecule has 0 unspecified atom stereocenters. The van der Waals surface area contributed by atoms with Crippen LogP contribution < -0.4 is 20.1 Å². The summed E-state index contributed by atoms with van der Waals surface area (Å²) in [6.07, 6.45) is 1.90. The minimum Gasteiger partial charge on any atom is -0.486 e. The lowest BCUT2D eigenvalue weighted by Gasteiger charge is -2.20. The van der Waals surface area contributed by atoms with Gasteiger partial charge in [0.2, 0.25) is 0 Å². The lowest BCUT2D eigenvalue weighted by Crippen LogP contribution is -2.38. The molecule has 22 heavy (non-hydrogen) atoms. The van der Waals surface area contributed by atoms with Crippen molar-refractivity contribution >= 4 is 41.5 Å². The lowest BCUT2D eigenvalue weighted by atomic mass is 10.1. The van der Waals surface area contributed by atoms with Crippen molar-refractivity contribution in [2.24, 2.45) is 4.99 Å². The zero-order valence-corrected chi connectivity index (χ0v) is 16.0. The van der Waals surface area contributed by atoms with Gasteiger partial charge < -0.3 is 20.1 Å². The van der Waals surface area contributed by atoms with Crippen LogP contribution in [0.5, 0.6) is 11.5 Å². The summed E-state index contributed by atoms with van der Waals surface area (Å²) in [4.78, 5) is 4.17. The third-order valence-electron chi connectivity index (χ3n) is 3.13. The highest BCUT2D eigenvalue weighted by molar-refractivity contribution is 14.0. The van der Waals surface area contributed by atoms with Crippen molar-refractivity contribution in [1.29, 1.82) is 0 Å². The van der Waals surface area contributed by atoms with E-state index in [0.29, 0.717) is 24.0 Å². The van der Waals surface area contributed by atoms with Gasteiger partial charge in [-0.2, -0.15) is 0 Å². The summed E-state index contributed by atoms with van der Waals surface area (Å²) in [6.45, 7) is 4.93. The molecule has 1 aromatic rings. The van der Waals surface area contributed by atoms with Gasteiger partial charge in [0.25, 0.3) is 0 Å². The van der Waals surface area contributed by atoms with Gasteiger partial charge in [-0.1, -0.05) is 18.5 Å². The molecular formula is C15H23ClIN3O2. The molecule has 1 aliphatic rings. The molecule has 0 aromatic heterocycles. The first-order valence-corrected chi connectivity index (χ1v) is 7.65. The highest BCUT2D eigenvalue weighted by atomic mass is 127. The van der Waals surface area contributed by atoms with Crippen LogP contribution in [0.1, 0.15) is 18.9 Å². The van der Waals surface area contributed by atoms with Crippen molar-refractivity contribution in [3.63, 3.8) is 0 Å². The summed E-state index contributed by atoms with van der Waals surface area (Å²) in [6, 6.07) is 3.92. The highest BCUT2D eigenvalue weighted by Crippen LogP contribution is 2.38. The summed E-state index contributed by atoms with van der Waals surface area (Å²) in [5.74, 6) is 2.21. The molecule has 2 rings (SSSR count). The van der Waals surface area contributed by atoms with Gasteiger partial charge >= 0.3 is 0 Å². The minimum absolute atomic E-state index is 0. The third-order valence-corrected chi connectivity index (χ3v) is 3.41. The molecule has 2 N–H and O–H groups in total. The van der Waals surface area contributed by atoms with Crippen molar-refractivity contribution in [2.45, 2.75) is 19.8 Å². The Bertz CT molecular complexity index is 512. The number of nitrogens with one attached hydrogen (secondary N) is 2. The molecule has 1 aromatic carbocycles. The van der Waals surface area contributed by atoms with Gasteiger partial charge in [-0.15, -0.1) is 24.0 Å². The van der Waals surface area contributed by atoms with Crippen LogP contribution in [0.4, 0.5) is 0 Å². The molecule has 0 bridgehead atoms. The fraction of sp³-hybridized carbons (Fsp3) is 0.533. The van der Waals surface area contributed by atoms with Crippen LogP contribution in [0, 0.1) is 0 Å². The first-order valence-electron chi connectivity index (χ1n) is 7.27. The van der Waals surface area contributed by atoms with Crippen molar-refractivity contribution in [3.8, 4) is 11.5 Å². The summed E-state index contributed by atoms with van der Waals surface area (Å²) >= 11 is 6.22. The molecule has 0 saturated carbocycles. The van der Waals surface area contributed by atoms with Gasteiger partial charge in [0.1, 0.15) is 13.2 Å². The number of guanidine groups is 1. The molecule has 0 radical (unpaired) electrons. The largest absolute Gasteiger partial charge is 0.486 e. The number of hydrogen-bond acceptors (Lipinski definition) is 3. The van der Waals surface area contributed by atoms with Gasteiger partial charge in [-0.3, -0.25) is 4.99 Å². The second kappa shape index (κ2) is 9.99. The average molecular weight is 440 g/mol. The van der Waals surface area contributed by atoms with E-state index in [1.807, 2.05) is 12.1 Å². The maximum Gasteiger partial charge on any atom is 0.190 e. The zero-order valence-electron chi connectivity index (χ0n) is 12.9. The predicted molar refractivity (Wildman–Crippen MR) is 101 cm³/mol. The Morgan fingerprint density at radius 1 is 1.23 bits per heavy atom. The topological polar surface area (TPSA) is 54.9 Å². The number of fused-ring (bicyclic) bond motifs is 1. The molecule has 1 heterocycles. The molecule has 7 heteroatoms. The zero-order chi connectivity index (χ0) is 15.1. The van der Waals surface area contributed by atoms with E-state index >= 15 is 0 Å². The SMILES string of the molecule is CCCNC(=NC)NCCc1cc(Cl)c2c(c1)OCCO2.I. The predicted octanol–water partition coefficient (Wildman–Crippen LogP) is 2.85. The van der Waals surface area contributed by atoms with E-state index in [0.717, 1.165) is 43.2 Å². The van der Waals surface area contributed by atoms with Crippen molar-refractivity contribution in [3.05, 3.63) is 22.7 Å². The van der Waals surface area contributed by atoms with Crippen LogP contribution in [0.25, 0.3) is 0 Å². The Morgan fingerprint density at radius 3 is 2.68 bits per heavy atom. The Balaban J connectivity index is 0.00000242. The highest BCUT2D eigenvalue weighted by Gasteiger charge is 2.16. The molecule has 1 aliphatic heterocycles. The Hall–Kier alpha value is -0.890. The standard InChI is InChI=1S/C15H22ClN3O2.HI/c1-3-5-18-15(17-2)19-6-4-11-9-12(16)14-13(10-11)20-7-8-21-14;/h9-10H,3-8H2,1-2H3,(H2,17,18,19);1H. The van der Waals surface area contributed by atoms with E-state index < -0.39 is 0 Å². The lowest BCUT2D eigenvalue weighted by molar-refractivity contribution is 0.171. The smallest absolute Gasteiger partial charge is 0.190 e. The number of hydrogen-bond donors (Lipinski definition) is 2.